The van der Waals surface area contributed by atoms with Crippen LogP contribution in [0.15, 0.2) is 97.2 Å². The van der Waals surface area contributed by atoms with E-state index < -0.39 is 75.7 Å². The zero-order valence-electron chi connectivity index (χ0n) is 37.1. The second-order valence-corrected chi connectivity index (χ2v) is 16.6. The summed E-state index contributed by atoms with van der Waals surface area (Å²) >= 11 is 0. The number of allylic oxidation sites excluding steroid dienone is 16. The monoisotopic (exact) mass is 893 g/mol. The van der Waals surface area contributed by atoms with Crippen LogP contribution in [-0.2, 0) is 32.7 Å². The summed E-state index contributed by atoms with van der Waals surface area (Å²) < 4.78 is 33.4. The quantitative estimate of drug-likeness (QED) is 0.0116. The smallest absolute Gasteiger partial charge is 0.462 e. The van der Waals surface area contributed by atoms with Gasteiger partial charge in [-0.05, 0) is 77.0 Å². The highest BCUT2D eigenvalue weighted by Gasteiger charge is 2.51. The molecule has 1 rings (SSSR count). The van der Waals surface area contributed by atoms with Gasteiger partial charge in [-0.15, -0.1) is 0 Å². The highest BCUT2D eigenvalue weighted by Crippen LogP contribution is 2.47. The van der Waals surface area contributed by atoms with Crippen LogP contribution in [-0.4, -0.2) is 98.3 Å². The number of carbonyl (C=O) groups excluding carboxylic acids is 2. The van der Waals surface area contributed by atoms with Gasteiger partial charge in [-0.25, -0.2) is 4.57 Å². The van der Waals surface area contributed by atoms with E-state index >= 15 is 0 Å². The molecule has 1 saturated carbocycles. The first-order valence-electron chi connectivity index (χ1n) is 22.6. The minimum Gasteiger partial charge on any atom is -0.462 e. The standard InChI is InChI=1S/C48H77O13P/c1-3-5-7-9-11-13-15-17-18-19-20-21-22-23-25-26-28-30-32-34-36-41(49)58-38-40(39-59-62(56,57)61-48-46(54)44(52)43(51)45(53)47(48)55)60-42(50)37-35-33-31-29-27-24-16-14-12-10-8-6-4-2/h5-8,10-14,16-18,20-21,23,25,40,43-48,51-55H,3-4,9,15,19,22,24,26-39H2,1-2H3,(H,56,57)/b7-5+,8-6+,12-10+,13-11+,16-14+,18-17+,21-20+,25-23+/t40?,43?,44-,45?,46?,47?,48?/m0/s1. The first-order chi connectivity index (χ1) is 29.9. The lowest BCUT2D eigenvalue weighted by atomic mass is 9.85. The Morgan fingerprint density at radius 2 is 0.952 bits per heavy atom. The third-order valence-corrected chi connectivity index (χ3v) is 10.7. The molecule has 62 heavy (non-hydrogen) atoms. The van der Waals surface area contributed by atoms with Gasteiger partial charge in [0.25, 0.3) is 0 Å². The molecule has 0 heterocycles. The fourth-order valence-corrected chi connectivity index (χ4v) is 7.11. The molecule has 13 nitrogen and oxygen atoms in total. The number of rotatable bonds is 35. The Kier molecular flexibility index (Phi) is 34.0. The maximum atomic E-state index is 12.8. The van der Waals surface area contributed by atoms with Gasteiger partial charge in [-0.1, -0.05) is 143 Å². The predicted octanol–water partition coefficient (Wildman–Crippen LogP) is 8.66. The van der Waals surface area contributed by atoms with Crippen LogP contribution in [0.5, 0.6) is 0 Å². The number of aliphatic hydroxyl groups is 5. The lowest BCUT2D eigenvalue weighted by molar-refractivity contribution is -0.220. The van der Waals surface area contributed by atoms with E-state index in [0.29, 0.717) is 12.8 Å². The van der Waals surface area contributed by atoms with Crippen LogP contribution < -0.4 is 0 Å². The SMILES string of the molecule is CC/C=C/C=C/C=C/CCCCCCCC(=O)OC(COC(=O)CCCCCC/C=C/C/C=C/C/C=C/C/C=C/C/C=C/CC)COP(=O)(O)OC1C(O)C(O)C(O)[C@H](O)C1O. The second kappa shape index (κ2) is 37.2. The van der Waals surface area contributed by atoms with Crippen LogP contribution >= 0.6 is 7.82 Å². The summed E-state index contributed by atoms with van der Waals surface area (Å²) in [7, 11) is -5.14. The number of unbranched alkanes of at least 4 members (excludes halogenated alkanes) is 9. The van der Waals surface area contributed by atoms with Crippen LogP contribution in [0.2, 0.25) is 0 Å². The van der Waals surface area contributed by atoms with Gasteiger partial charge < -0.3 is 39.9 Å². The molecule has 0 saturated heterocycles. The summed E-state index contributed by atoms with van der Waals surface area (Å²) in [5, 5.41) is 50.1. The number of phosphoric ester groups is 1. The van der Waals surface area contributed by atoms with E-state index in [-0.39, 0.29) is 12.8 Å². The summed E-state index contributed by atoms with van der Waals surface area (Å²) in [6.45, 7) is 2.99. The van der Waals surface area contributed by atoms with Crippen molar-refractivity contribution in [3.8, 4) is 0 Å². The maximum Gasteiger partial charge on any atom is 0.472 e. The highest BCUT2D eigenvalue weighted by atomic mass is 31.2. The zero-order chi connectivity index (χ0) is 45.7. The van der Waals surface area contributed by atoms with Crippen molar-refractivity contribution < 1.29 is 63.1 Å². The van der Waals surface area contributed by atoms with Crippen LogP contribution in [0.4, 0.5) is 0 Å². The molecule has 352 valence electrons. The molecule has 1 aliphatic carbocycles. The molecular formula is C48H77O13P. The van der Waals surface area contributed by atoms with E-state index in [0.717, 1.165) is 96.3 Å². The summed E-state index contributed by atoms with van der Waals surface area (Å²) in [6.07, 6.45) is 36.1. The average Bonchev–Trinajstić information content (AvgIpc) is 3.25. The van der Waals surface area contributed by atoms with Crippen molar-refractivity contribution in [2.24, 2.45) is 0 Å². The van der Waals surface area contributed by atoms with Gasteiger partial charge >= 0.3 is 19.8 Å². The van der Waals surface area contributed by atoms with Gasteiger partial charge in [-0.3, -0.25) is 18.6 Å². The zero-order valence-corrected chi connectivity index (χ0v) is 38.0. The van der Waals surface area contributed by atoms with Gasteiger partial charge in [0.05, 0.1) is 6.61 Å². The van der Waals surface area contributed by atoms with E-state index in [1.807, 2.05) is 24.3 Å². The molecule has 0 aromatic carbocycles. The van der Waals surface area contributed by atoms with Crippen molar-refractivity contribution in [2.75, 3.05) is 13.2 Å². The number of ether oxygens (including phenoxy) is 2. The van der Waals surface area contributed by atoms with Gasteiger partial charge in [-0.2, -0.15) is 0 Å². The van der Waals surface area contributed by atoms with Gasteiger partial charge in [0, 0.05) is 12.8 Å². The topological polar surface area (TPSA) is 210 Å². The van der Waals surface area contributed by atoms with Crippen molar-refractivity contribution in [1.29, 1.82) is 0 Å². The first kappa shape index (κ1) is 56.8. The Hall–Kier alpha value is -3.23. The minimum absolute atomic E-state index is 0.0614. The first-order valence-corrected chi connectivity index (χ1v) is 24.1. The Morgan fingerprint density at radius 3 is 1.50 bits per heavy atom. The Balaban J connectivity index is 2.49. The molecule has 0 amide bonds. The Labute approximate surface area is 370 Å². The van der Waals surface area contributed by atoms with Crippen molar-refractivity contribution in [3.05, 3.63) is 97.2 Å². The number of hydrogen-bond donors (Lipinski definition) is 6. The van der Waals surface area contributed by atoms with Gasteiger partial charge in [0.1, 0.15) is 43.2 Å². The lowest BCUT2D eigenvalue weighted by Gasteiger charge is -2.41. The van der Waals surface area contributed by atoms with Crippen molar-refractivity contribution in [1.82, 2.24) is 0 Å². The molecule has 1 aliphatic rings. The molecule has 0 aliphatic heterocycles. The molecule has 0 aromatic rings. The Bertz CT molecular complexity index is 1450. The molecular weight excluding hydrogens is 815 g/mol. The van der Waals surface area contributed by atoms with E-state index in [4.69, 9.17) is 18.5 Å². The van der Waals surface area contributed by atoms with Crippen LogP contribution in [0.25, 0.3) is 0 Å². The molecule has 0 bridgehead atoms. The fourth-order valence-electron chi connectivity index (χ4n) is 6.14. The molecule has 0 aromatic heterocycles. The van der Waals surface area contributed by atoms with E-state index in [9.17, 15) is 44.6 Å². The maximum absolute atomic E-state index is 12.8. The van der Waals surface area contributed by atoms with Crippen molar-refractivity contribution in [2.45, 2.75) is 179 Å². The number of carbonyl (C=O) groups is 2. The number of phosphoric acid groups is 1. The highest BCUT2D eigenvalue weighted by molar-refractivity contribution is 7.47. The van der Waals surface area contributed by atoms with Crippen LogP contribution in [0.3, 0.4) is 0 Å². The van der Waals surface area contributed by atoms with Crippen LogP contribution in [0, 0.1) is 0 Å². The third-order valence-electron chi connectivity index (χ3n) is 9.73. The molecule has 7 unspecified atom stereocenters. The van der Waals surface area contributed by atoms with Crippen LogP contribution in [0.1, 0.15) is 136 Å². The summed E-state index contributed by atoms with van der Waals surface area (Å²) in [4.78, 5) is 35.7. The largest absolute Gasteiger partial charge is 0.472 e. The molecule has 14 heteroatoms. The molecule has 8 atom stereocenters. The molecule has 0 radical (unpaired) electrons. The van der Waals surface area contributed by atoms with E-state index in [2.05, 4.69) is 86.8 Å². The summed E-state index contributed by atoms with van der Waals surface area (Å²) in [6, 6.07) is 0. The minimum atomic E-state index is -5.14. The second-order valence-electron chi connectivity index (χ2n) is 15.2. The predicted molar refractivity (Wildman–Crippen MR) is 244 cm³/mol. The Morgan fingerprint density at radius 1 is 0.516 bits per heavy atom. The summed E-state index contributed by atoms with van der Waals surface area (Å²) in [5.41, 5.74) is 0. The number of hydrogen-bond acceptors (Lipinski definition) is 12. The normalized spacial score (nSPS) is 22.8. The number of aliphatic hydroxyl groups excluding tert-OH is 5. The summed E-state index contributed by atoms with van der Waals surface area (Å²) in [5.74, 6) is -1.16. The van der Waals surface area contributed by atoms with Crippen molar-refractivity contribution >= 4 is 19.8 Å². The van der Waals surface area contributed by atoms with Gasteiger partial charge in [0.15, 0.2) is 6.10 Å². The van der Waals surface area contributed by atoms with E-state index in [1.165, 1.54) is 0 Å². The number of esters is 2. The molecule has 1 fully saturated rings. The average molecular weight is 893 g/mol. The lowest BCUT2D eigenvalue weighted by Crippen LogP contribution is -2.64. The third kappa shape index (κ3) is 29.2. The van der Waals surface area contributed by atoms with Crippen molar-refractivity contribution in [3.63, 3.8) is 0 Å². The fraction of sp³-hybridized carbons (Fsp3) is 0.625. The van der Waals surface area contributed by atoms with Gasteiger partial charge in [0.2, 0.25) is 0 Å². The molecule has 6 N–H and O–H groups in total. The molecule has 0 spiro atoms. The van der Waals surface area contributed by atoms with E-state index in [1.54, 1.807) is 0 Å².